The van der Waals surface area contributed by atoms with Gasteiger partial charge in [-0.05, 0) is 56.3 Å². The van der Waals surface area contributed by atoms with Gasteiger partial charge in [0.15, 0.2) is 0 Å². The van der Waals surface area contributed by atoms with Crippen molar-refractivity contribution in [2.45, 2.75) is 18.7 Å². The third kappa shape index (κ3) is 5.77. The van der Waals surface area contributed by atoms with E-state index in [1.165, 1.54) is 10.4 Å². The molecule has 0 atom stereocenters. The highest BCUT2D eigenvalue weighted by atomic mass is 35.5. The predicted molar refractivity (Wildman–Crippen MR) is 121 cm³/mol. The van der Waals surface area contributed by atoms with Crippen molar-refractivity contribution in [3.05, 3.63) is 58.1 Å². The third-order valence-electron chi connectivity index (χ3n) is 5.35. The van der Waals surface area contributed by atoms with Crippen LogP contribution in [0.25, 0.3) is 0 Å². The first-order valence-electron chi connectivity index (χ1n) is 10.1. The van der Waals surface area contributed by atoms with Gasteiger partial charge in [-0.2, -0.15) is 4.31 Å². The molecule has 3 rings (SSSR count). The van der Waals surface area contributed by atoms with Crippen molar-refractivity contribution < 1.29 is 17.9 Å². The number of halogens is 1. The first kappa shape index (κ1) is 23.5. The van der Waals surface area contributed by atoms with Gasteiger partial charge in [-0.25, -0.2) is 8.42 Å². The second-order valence-electron chi connectivity index (χ2n) is 7.70. The average Bonchev–Trinajstić information content (AvgIpc) is 2.74. The Morgan fingerprint density at radius 2 is 1.74 bits per heavy atom. The molecule has 0 saturated carbocycles. The number of nitrogens with one attached hydrogen (secondary N) is 1. The van der Waals surface area contributed by atoms with Crippen LogP contribution >= 0.6 is 11.6 Å². The van der Waals surface area contributed by atoms with Gasteiger partial charge in [0.25, 0.3) is 5.91 Å². The molecule has 0 spiro atoms. The SMILES string of the molecule is Cc1ccc(OCCNC(=O)c2cc(S(=O)(=O)N3CCN(C)CC3)ccc2C)cc1Cl. The summed E-state index contributed by atoms with van der Waals surface area (Å²) in [5, 5.41) is 3.41. The molecule has 1 heterocycles. The van der Waals surface area contributed by atoms with E-state index in [9.17, 15) is 13.2 Å². The maximum Gasteiger partial charge on any atom is 0.251 e. The van der Waals surface area contributed by atoms with E-state index in [1.54, 1.807) is 25.1 Å². The lowest BCUT2D eigenvalue weighted by atomic mass is 10.1. The van der Waals surface area contributed by atoms with E-state index in [4.69, 9.17) is 16.3 Å². The number of hydrogen-bond acceptors (Lipinski definition) is 5. The Labute approximate surface area is 189 Å². The molecule has 0 radical (unpaired) electrons. The van der Waals surface area contributed by atoms with Crippen LogP contribution in [-0.4, -0.2) is 69.9 Å². The van der Waals surface area contributed by atoms with Crippen LogP contribution in [-0.2, 0) is 10.0 Å². The van der Waals surface area contributed by atoms with Gasteiger partial charge in [0, 0.05) is 36.8 Å². The van der Waals surface area contributed by atoms with Gasteiger partial charge in [0.05, 0.1) is 11.4 Å². The highest BCUT2D eigenvalue weighted by molar-refractivity contribution is 7.89. The van der Waals surface area contributed by atoms with Gasteiger partial charge >= 0.3 is 0 Å². The molecule has 1 saturated heterocycles. The number of aryl methyl sites for hydroxylation is 2. The van der Waals surface area contributed by atoms with Gasteiger partial charge in [-0.3, -0.25) is 4.79 Å². The Morgan fingerprint density at radius 3 is 2.42 bits per heavy atom. The number of likely N-dealkylation sites (N-methyl/N-ethyl adjacent to an activating group) is 1. The first-order valence-corrected chi connectivity index (χ1v) is 12.0. The Balaban J connectivity index is 1.62. The van der Waals surface area contributed by atoms with E-state index in [1.807, 2.05) is 26.1 Å². The van der Waals surface area contributed by atoms with Crippen LogP contribution < -0.4 is 10.1 Å². The fraction of sp³-hybridized carbons (Fsp3) is 0.409. The van der Waals surface area contributed by atoms with Crippen LogP contribution in [0.4, 0.5) is 0 Å². The molecule has 0 unspecified atom stereocenters. The van der Waals surface area contributed by atoms with Crippen LogP contribution in [0.5, 0.6) is 5.75 Å². The van der Waals surface area contributed by atoms with Crippen molar-refractivity contribution >= 4 is 27.5 Å². The van der Waals surface area contributed by atoms with Crippen LogP contribution in [0.2, 0.25) is 5.02 Å². The lowest BCUT2D eigenvalue weighted by molar-refractivity contribution is 0.0946. The molecule has 2 aromatic carbocycles. The molecule has 7 nitrogen and oxygen atoms in total. The summed E-state index contributed by atoms with van der Waals surface area (Å²) in [6.07, 6.45) is 0. The maximum atomic E-state index is 13.0. The Morgan fingerprint density at radius 1 is 1.06 bits per heavy atom. The summed E-state index contributed by atoms with van der Waals surface area (Å²) >= 11 is 6.08. The van der Waals surface area contributed by atoms with Crippen molar-refractivity contribution in [3.63, 3.8) is 0 Å². The van der Waals surface area contributed by atoms with E-state index >= 15 is 0 Å². The molecule has 1 N–H and O–H groups in total. The lowest BCUT2D eigenvalue weighted by Gasteiger charge is -2.31. The van der Waals surface area contributed by atoms with Crippen LogP contribution in [0.3, 0.4) is 0 Å². The molecule has 1 aliphatic rings. The van der Waals surface area contributed by atoms with Crippen LogP contribution in [0.1, 0.15) is 21.5 Å². The zero-order valence-corrected chi connectivity index (χ0v) is 19.6. The van der Waals surface area contributed by atoms with E-state index in [-0.39, 0.29) is 24.0 Å². The normalized spacial score (nSPS) is 15.6. The number of benzene rings is 2. The zero-order valence-electron chi connectivity index (χ0n) is 18.0. The first-order chi connectivity index (χ1) is 14.7. The summed E-state index contributed by atoms with van der Waals surface area (Å²) in [4.78, 5) is 14.9. The van der Waals surface area contributed by atoms with Crippen molar-refractivity contribution in [2.75, 3.05) is 46.4 Å². The fourth-order valence-electron chi connectivity index (χ4n) is 3.28. The smallest absolute Gasteiger partial charge is 0.251 e. The molecule has 0 aromatic heterocycles. The lowest BCUT2D eigenvalue weighted by Crippen LogP contribution is -2.47. The second kappa shape index (κ2) is 9.99. The molecule has 0 bridgehead atoms. The summed E-state index contributed by atoms with van der Waals surface area (Å²) in [6.45, 7) is 6.49. The van der Waals surface area contributed by atoms with Gasteiger partial charge in [0.1, 0.15) is 12.4 Å². The number of sulfonamides is 1. The zero-order chi connectivity index (χ0) is 22.6. The number of hydrogen-bond donors (Lipinski definition) is 1. The van der Waals surface area contributed by atoms with Crippen molar-refractivity contribution in [1.29, 1.82) is 0 Å². The van der Waals surface area contributed by atoms with Gasteiger partial charge in [-0.1, -0.05) is 23.7 Å². The molecule has 31 heavy (non-hydrogen) atoms. The monoisotopic (exact) mass is 465 g/mol. The third-order valence-corrected chi connectivity index (χ3v) is 7.66. The largest absolute Gasteiger partial charge is 0.492 e. The predicted octanol–water partition coefficient (Wildman–Crippen LogP) is 2.70. The summed E-state index contributed by atoms with van der Waals surface area (Å²) < 4.78 is 33.1. The fourth-order valence-corrected chi connectivity index (χ4v) is 4.90. The minimum absolute atomic E-state index is 0.137. The number of carbonyl (C=O) groups is 1. The number of carbonyl (C=O) groups excluding carboxylic acids is 1. The van der Waals surface area contributed by atoms with Crippen molar-refractivity contribution in [3.8, 4) is 5.75 Å². The molecule has 1 aliphatic heterocycles. The minimum Gasteiger partial charge on any atom is -0.492 e. The molecule has 2 aromatic rings. The molecular formula is C22H28ClN3O4S. The maximum absolute atomic E-state index is 13.0. The summed E-state index contributed by atoms with van der Waals surface area (Å²) in [5.74, 6) is 0.291. The molecule has 1 amide bonds. The van der Waals surface area contributed by atoms with Gasteiger partial charge in [0.2, 0.25) is 10.0 Å². The summed E-state index contributed by atoms with van der Waals surface area (Å²) in [6, 6.07) is 10.1. The number of nitrogens with zero attached hydrogens (tertiary/aromatic N) is 2. The molecule has 168 valence electrons. The van der Waals surface area contributed by atoms with E-state index in [0.717, 1.165) is 5.56 Å². The number of rotatable bonds is 7. The van der Waals surface area contributed by atoms with Gasteiger partial charge < -0.3 is 15.0 Å². The number of piperazine rings is 1. The average molecular weight is 466 g/mol. The van der Waals surface area contributed by atoms with Crippen molar-refractivity contribution in [2.24, 2.45) is 0 Å². The van der Waals surface area contributed by atoms with E-state index in [0.29, 0.717) is 48.1 Å². The van der Waals surface area contributed by atoms with Crippen LogP contribution in [0.15, 0.2) is 41.3 Å². The standard InChI is InChI=1S/C22H28ClN3O4S/c1-16-5-7-19(31(28,29)26-11-9-25(3)10-12-26)15-20(16)22(27)24-8-13-30-18-6-4-17(2)21(23)14-18/h4-7,14-15H,8-13H2,1-3H3,(H,24,27). The quantitative estimate of drug-likeness (QED) is 0.636. The number of amides is 1. The number of ether oxygens (including phenoxy) is 1. The summed E-state index contributed by atoms with van der Waals surface area (Å²) in [5.41, 5.74) is 2.01. The Hall–Kier alpha value is -2.13. The second-order valence-corrected chi connectivity index (χ2v) is 10.0. The highest BCUT2D eigenvalue weighted by Crippen LogP contribution is 2.22. The van der Waals surface area contributed by atoms with Gasteiger partial charge in [-0.15, -0.1) is 0 Å². The Bertz CT molecular complexity index is 1050. The van der Waals surface area contributed by atoms with E-state index in [2.05, 4.69) is 10.2 Å². The summed E-state index contributed by atoms with van der Waals surface area (Å²) in [7, 11) is -1.67. The Kier molecular flexibility index (Phi) is 7.59. The topological polar surface area (TPSA) is 78.9 Å². The van der Waals surface area contributed by atoms with Crippen LogP contribution in [0, 0.1) is 13.8 Å². The van der Waals surface area contributed by atoms with E-state index < -0.39 is 10.0 Å². The molecule has 0 aliphatic carbocycles. The molecular weight excluding hydrogens is 438 g/mol. The molecule has 1 fully saturated rings. The van der Waals surface area contributed by atoms with Crippen molar-refractivity contribution in [1.82, 2.24) is 14.5 Å². The molecule has 9 heteroatoms. The highest BCUT2D eigenvalue weighted by Gasteiger charge is 2.28. The minimum atomic E-state index is -3.64.